The average Bonchev–Trinajstić information content (AvgIpc) is 2.41. The van der Waals surface area contributed by atoms with Crippen LogP contribution in [0.5, 0.6) is 0 Å². The van der Waals surface area contributed by atoms with Crippen molar-refractivity contribution in [2.75, 3.05) is 19.7 Å². The molecule has 6 nitrogen and oxygen atoms in total. The Labute approximate surface area is 128 Å². The molecule has 0 spiro atoms. The maximum atomic E-state index is 11.7. The summed E-state index contributed by atoms with van der Waals surface area (Å²) in [6.45, 7) is 3.06. The Kier molecular flexibility index (Phi) is 5.17. The Morgan fingerprint density at radius 3 is 2.86 bits per heavy atom. The molecule has 0 aliphatic carbocycles. The van der Waals surface area contributed by atoms with Gasteiger partial charge in [0.05, 0.1) is 19.3 Å². The molecule has 1 aromatic rings. The van der Waals surface area contributed by atoms with Gasteiger partial charge in [-0.3, -0.25) is 15.0 Å². The van der Waals surface area contributed by atoms with E-state index in [-0.39, 0.29) is 18.7 Å². The van der Waals surface area contributed by atoms with E-state index in [2.05, 4.69) is 5.32 Å². The summed E-state index contributed by atoms with van der Waals surface area (Å²) < 4.78 is 5.80. The lowest BCUT2D eigenvalue weighted by Gasteiger charge is -2.37. The number of carbonyl (C=O) groups excluding carboxylic acids is 2. The lowest BCUT2D eigenvalue weighted by Crippen LogP contribution is -2.50. The van der Waals surface area contributed by atoms with E-state index in [1.165, 1.54) is 0 Å². The highest BCUT2D eigenvalue weighted by atomic mass is 35.5. The summed E-state index contributed by atoms with van der Waals surface area (Å²) >= 11 is 6.18. The van der Waals surface area contributed by atoms with E-state index in [4.69, 9.17) is 22.1 Å². The number of carbonyl (C=O) groups is 2. The van der Waals surface area contributed by atoms with Gasteiger partial charge < -0.3 is 10.5 Å². The maximum Gasteiger partial charge on any atom is 0.318 e. The van der Waals surface area contributed by atoms with E-state index in [1.807, 2.05) is 36.1 Å². The minimum atomic E-state index is -0.844. The predicted molar refractivity (Wildman–Crippen MR) is 78.9 cm³/mol. The molecular weight excluding hydrogens is 294 g/mol. The predicted octanol–water partition coefficient (Wildman–Crippen LogP) is 1.30. The number of urea groups is 1. The van der Waals surface area contributed by atoms with Crippen molar-refractivity contribution >= 4 is 23.5 Å². The highest BCUT2D eigenvalue weighted by Crippen LogP contribution is 2.29. The van der Waals surface area contributed by atoms with Gasteiger partial charge in [-0.15, -0.1) is 0 Å². The number of ether oxygens (including phenoxy) is 1. The zero-order valence-corrected chi connectivity index (χ0v) is 12.5. The second-order valence-corrected chi connectivity index (χ2v) is 5.44. The highest BCUT2D eigenvalue weighted by Gasteiger charge is 2.29. The molecule has 1 aromatic carbocycles. The van der Waals surface area contributed by atoms with Gasteiger partial charge in [0.2, 0.25) is 5.91 Å². The van der Waals surface area contributed by atoms with Crippen LogP contribution in [0.3, 0.4) is 0 Å². The second kappa shape index (κ2) is 6.89. The molecule has 0 bridgehead atoms. The summed E-state index contributed by atoms with van der Waals surface area (Å²) in [6.07, 6.45) is -0.198. The minimum absolute atomic E-state index is 0.0716. The molecule has 2 rings (SSSR count). The molecule has 114 valence electrons. The number of nitrogens with one attached hydrogen (secondary N) is 1. The number of amides is 3. The molecular formula is C14H18ClN3O3. The summed E-state index contributed by atoms with van der Waals surface area (Å²) in [6, 6.07) is 6.70. The van der Waals surface area contributed by atoms with Gasteiger partial charge >= 0.3 is 6.03 Å². The highest BCUT2D eigenvalue weighted by molar-refractivity contribution is 6.31. The Bertz CT molecular complexity index is 538. The molecule has 1 fully saturated rings. The molecule has 1 heterocycles. The van der Waals surface area contributed by atoms with E-state index in [1.54, 1.807) is 0 Å². The first kappa shape index (κ1) is 15.8. The first-order chi connectivity index (χ1) is 9.97. The Morgan fingerprint density at radius 1 is 1.48 bits per heavy atom. The number of nitrogens with two attached hydrogens (primary N) is 1. The third-order valence-electron chi connectivity index (χ3n) is 3.42. The molecule has 3 amide bonds. The number of imide groups is 1. The fourth-order valence-corrected chi connectivity index (χ4v) is 2.57. The van der Waals surface area contributed by atoms with Crippen molar-refractivity contribution in [2.24, 2.45) is 5.73 Å². The van der Waals surface area contributed by atoms with Crippen molar-refractivity contribution in [3.63, 3.8) is 0 Å². The third-order valence-corrected chi connectivity index (χ3v) is 3.77. The van der Waals surface area contributed by atoms with Crippen molar-refractivity contribution in [3.8, 4) is 0 Å². The van der Waals surface area contributed by atoms with Crippen molar-refractivity contribution in [2.45, 2.75) is 19.1 Å². The third kappa shape index (κ3) is 4.17. The fourth-order valence-electron chi connectivity index (χ4n) is 2.31. The molecule has 0 unspecified atom stereocenters. The van der Waals surface area contributed by atoms with Gasteiger partial charge in [-0.2, -0.15) is 0 Å². The van der Waals surface area contributed by atoms with Crippen LogP contribution >= 0.6 is 11.6 Å². The van der Waals surface area contributed by atoms with E-state index < -0.39 is 11.9 Å². The molecule has 0 radical (unpaired) electrons. The number of primary amides is 1. The lowest BCUT2D eigenvalue weighted by atomic mass is 10.1. The normalized spacial score (nSPS) is 22.8. The molecule has 21 heavy (non-hydrogen) atoms. The summed E-state index contributed by atoms with van der Waals surface area (Å²) in [5.74, 6) is -0.422. The molecule has 0 aromatic heterocycles. The smallest absolute Gasteiger partial charge is 0.318 e. The first-order valence-electron chi connectivity index (χ1n) is 6.66. The summed E-state index contributed by atoms with van der Waals surface area (Å²) in [5.41, 5.74) is 5.83. The molecule has 2 atom stereocenters. The fraction of sp³-hybridized carbons (Fsp3) is 0.429. The first-order valence-corrected chi connectivity index (χ1v) is 7.04. The van der Waals surface area contributed by atoms with Gasteiger partial charge in [-0.1, -0.05) is 29.8 Å². The summed E-state index contributed by atoms with van der Waals surface area (Å²) in [5, 5.41) is 2.71. The van der Waals surface area contributed by atoms with Gasteiger partial charge in [-0.25, -0.2) is 4.79 Å². The number of hydrogen-bond donors (Lipinski definition) is 2. The molecule has 1 aliphatic heterocycles. The van der Waals surface area contributed by atoms with Crippen LogP contribution in [0.2, 0.25) is 5.02 Å². The Hall–Kier alpha value is -1.63. The van der Waals surface area contributed by atoms with E-state index in [9.17, 15) is 9.59 Å². The number of benzene rings is 1. The van der Waals surface area contributed by atoms with Crippen LogP contribution in [0.15, 0.2) is 24.3 Å². The van der Waals surface area contributed by atoms with Crippen LogP contribution in [-0.4, -0.2) is 42.6 Å². The standard InChI is InChI=1S/C14H18ClN3O3/c1-9-8-21-12(10-4-2-3-5-11(10)15)6-18(9)7-13(19)17-14(16)20/h2-5,9,12H,6-8H2,1H3,(H3,16,17,19,20)/t9-,12-/m0/s1. The van der Waals surface area contributed by atoms with Crippen LogP contribution < -0.4 is 11.1 Å². The number of halogens is 1. The van der Waals surface area contributed by atoms with E-state index in [0.29, 0.717) is 18.2 Å². The number of nitrogens with zero attached hydrogens (tertiary/aromatic N) is 1. The van der Waals surface area contributed by atoms with Gasteiger partial charge in [0.15, 0.2) is 0 Å². The molecule has 0 saturated carbocycles. The Balaban J connectivity index is 2.04. The van der Waals surface area contributed by atoms with E-state index in [0.717, 1.165) is 5.56 Å². The molecule has 1 saturated heterocycles. The zero-order chi connectivity index (χ0) is 15.4. The monoisotopic (exact) mass is 311 g/mol. The Morgan fingerprint density at radius 2 is 2.19 bits per heavy atom. The SMILES string of the molecule is C[C@H]1CO[C@H](c2ccccc2Cl)CN1CC(=O)NC(N)=O. The number of morpholine rings is 1. The number of rotatable bonds is 3. The quantitative estimate of drug-likeness (QED) is 0.881. The van der Waals surface area contributed by atoms with Crippen molar-refractivity contribution in [1.29, 1.82) is 0 Å². The van der Waals surface area contributed by atoms with Gasteiger partial charge in [0, 0.05) is 23.2 Å². The maximum absolute atomic E-state index is 11.7. The van der Waals surface area contributed by atoms with Gasteiger partial charge in [0.25, 0.3) is 0 Å². The number of hydrogen-bond acceptors (Lipinski definition) is 4. The van der Waals surface area contributed by atoms with Crippen molar-refractivity contribution in [1.82, 2.24) is 10.2 Å². The van der Waals surface area contributed by atoms with Gasteiger partial charge in [0.1, 0.15) is 0 Å². The molecule has 1 aliphatic rings. The van der Waals surface area contributed by atoms with Crippen molar-refractivity contribution < 1.29 is 14.3 Å². The van der Waals surface area contributed by atoms with Crippen LogP contribution in [0.1, 0.15) is 18.6 Å². The minimum Gasteiger partial charge on any atom is -0.371 e. The lowest BCUT2D eigenvalue weighted by molar-refractivity contribution is -0.125. The summed E-state index contributed by atoms with van der Waals surface area (Å²) in [4.78, 5) is 24.3. The van der Waals surface area contributed by atoms with Crippen LogP contribution in [0.25, 0.3) is 0 Å². The zero-order valence-electron chi connectivity index (χ0n) is 11.7. The van der Waals surface area contributed by atoms with Crippen LogP contribution in [-0.2, 0) is 9.53 Å². The average molecular weight is 312 g/mol. The van der Waals surface area contributed by atoms with Crippen molar-refractivity contribution in [3.05, 3.63) is 34.9 Å². The van der Waals surface area contributed by atoms with Crippen LogP contribution in [0, 0.1) is 0 Å². The van der Waals surface area contributed by atoms with Crippen LogP contribution in [0.4, 0.5) is 4.79 Å². The van der Waals surface area contributed by atoms with E-state index >= 15 is 0 Å². The van der Waals surface area contributed by atoms with Gasteiger partial charge in [-0.05, 0) is 13.0 Å². The molecule has 3 N–H and O–H groups in total. The largest absolute Gasteiger partial charge is 0.371 e. The second-order valence-electron chi connectivity index (χ2n) is 5.03. The summed E-state index contributed by atoms with van der Waals surface area (Å²) in [7, 11) is 0. The topological polar surface area (TPSA) is 84.7 Å². The molecule has 7 heteroatoms.